The van der Waals surface area contributed by atoms with Crippen LogP contribution < -0.4 is 4.74 Å². The molecule has 1 aliphatic heterocycles. The summed E-state index contributed by atoms with van der Waals surface area (Å²) in [5, 5.41) is 10.5. The summed E-state index contributed by atoms with van der Waals surface area (Å²) < 4.78 is 52.3. The summed E-state index contributed by atoms with van der Waals surface area (Å²) in [7, 11) is 1.37. The molecule has 1 saturated carbocycles. The Bertz CT molecular complexity index is 1190. The SMILES string of the molecule is COc1ccc(C(F)(F)F)cc1CO[C@H]1[C@H](C(C)(C)C)[C@@H](C(=O)O)N(C(=O)C2CCCCC2)[C@H]1c1ccccc1. The third-order valence-corrected chi connectivity index (χ3v) is 8.25. The first-order chi connectivity index (χ1) is 18.8. The van der Waals surface area contributed by atoms with Crippen LogP contribution in [0.4, 0.5) is 13.2 Å². The second kappa shape index (κ2) is 11.8. The van der Waals surface area contributed by atoms with E-state index in [2.05, 4.69) is 0 Å². The predicted octanol–water partition coefficient (Wildman–Crippen LogP) is 6.88. The second-order valence-electron chi connectivity index (χ2n) is 11.9. The van der Waals surface area contributed by atoms with Crippen molar-refractivity contribution in [3.8, 4) is 5.75 Å². The Labute approximate surface area is 233 Å². The molecule has 1 aliphatic carbocycles. The molecule has 4 atom stereocenters. The molecular weight excluding hydrogens is 523 g/mol. The fraction of sp³-hybridized carbons (Fsp3) is 0.548. The first-order valence-corrected chi connectivity index (χ1v) is 13.8. The van der Waals surface area contributed by atoms with Crippen LogP contribution in [-0.2, 0) is 27.1 Å². The van der Waals surface area contributed by atoms with Crippen LogP contribution in [0.15, 0.2) is 48.5 Å². The molecular formula is C31H38F3NO5. The largest absolute Gasteiger partial charge is 0.496 e. The van der Waals surface area contributed by atoms with Gasteiger partial charge < -0.3 is 19.5 Å². The van der Waals surface area contributed by atoms with Crippen molar-refractivity contribution in [2.75, 3.05) is 7.11 Å². The topological polar surface area (TPSA) is 76.1 Å². The standard InChI is InChI=1S/C31H38F3NO5/c1-30(2,3)24-26(29(37)38)35(28(36)20-13-9-6-10-14-20)25(19-11-7-5-8-12-19)27(24)40-18-21-17-22(31(32,33)34)15-16-23(21)39-4/h5,7-8,11-12,15-17,20,24-27H,6,9-10,13-14,18H2,1-4H3,(H,37,38)/t24-,25+,26+,27+/m1/s1. The maximum absolute atomic E-state index is 14.1. The van der Waals surface area contributed by atoms with Crippen molar-refractivity contribution < 1.29 is 37.3 Å². The van der Waals surface area contributed by atoms with E-state index in [1.54, 1.807) is 0 Å². The van der Waals surface area contributed by atoms with E-state index in [9.17, 15) is 27.9 Å². The maximum Gasteiger partial charge on any atom is 0.416 e. The fourth-order valence-electron chi connectivity index (χ4n) is 6.40. The molecule has 0 bridgehead atoms. The number of carboxylic acid groups (broad SMARTS) is 1. The number of likely N-dealkylation sites (tertiary alicyclic amines) is 1. The van der Waals surface area contributed by atoms with Crippen molar-refractivity contribution in [2.24, 2.45) is 17.3 Å². The zero-order valence-electron chi connectivity index (χ0n) is 23.4. The lowest BCUT2D eigenvalue weighted by atomic mass is 9.73. The predicted molar refractivity (Wildman–Crippen MR) is 144 cm³/mol. The van der Waals surface area contributed by atoms with Gasteiger partial charge in [-0.3, -0.25) is 4.79 Å². The summed E-state index contributed by atoms with van der Waals surface area (Å²) in [4.78, 5) is 28.5. The number of alkyl halides is 3. The van der Waals surface area contributed by atoms with Gasteiger partial charge in [0.2, 0.25) is 5.91 Å². The van der Waals surface area contributed by atoms with E-state index in [0.717, 1.165) is 37.0 Å². The monoisotopic (exact) mass is 561 g/mol. The number of carbonyl (C=O) groups excluding carboxylic acids is 1. The molecule has 1 N–H and O–H groups in total. The molecule has 1 saturated heterocycles. The van der Waals surface area contributed by atoms with E-state index in [-0.39, 0.29) is 29.7 Å². The number of rotatable bonds is 7. The molecule has 0 unspecified atom stereocenters. The lowest BCUT2D eigenvalue weighted by Crippen LogP contribution is -2.49. The van der Waals surface area contributed by atoms with E-state index in [1.807, 2.05) is 51.1 Å². The van der Waals surface area contributed by atoms with Crippen LogP contribution >= 0.6 is 0 Å². The first-order valence-electron chi connectivity index (χ1n) is 13.8. The average molecular weight is 562 g/mol. The number of nitrogens with zero attached hydrogens (tertiary/aromatic N) is 1. The molecule has 2 fully saturated rings. The van der Waals surface area contributed by atoms with Gasteiger partial charge in [-0.05, 0) is 42.0 Å². The molecule has 2 aliphatic rings. The molecule has 218 valence electrons. The Kier molecular flexibility index (Phi) is 8.83. The summed E-state index contributed by atoms with van der Waals surface area (Å²) in [6.07, 6.45) is -1.07. The number of halogens is 3. The van der Waals surface area contributed by atoms with Crippen LogP contribution in [0.5, 0.6) is 5.75 Å². The second-order valence-corrected chi connectivity index (χ2v) is 11.9. The van der Waals surface area contributed by atoms with E-state index in [1.165, 1.54) is 18.1 Å². The van der Waals surface area contributed by atoms with Gasteiger partial charge in [-0.2, -0.15) is 13.2 Å². The fourth-order valence-corrected chi connectivity index (χ4v) is 6.40. The molecule has 6 nitrogen and oxygen atoms in total. The van der Waals surface area contributed by atoms with Gasteiger partial charge in [0.25, 0.3) is 0 Å². The van der Waals surface area contributed by atoms with Crippen molar-refractivity contribution in [3.05, 3.63) is 65.2 Å². The van der Waals surface area contributed by atoms with Crippen molar-refractivity contribution in [2.45, 2.75) is 83.8 Å². The van der Waals surface area contributed by atoms with Crippen molar-refractivity contribution in [1.82, 2.24) is 4.90 Å². The molecule has 40 heavy (non-hydrogen) atoms. The molecule has 4 rings (SSSR count). The number of carboxylic acids is 1. The molecule has 0 spiro atoms. The molecule has 1 heterocycles. The number of ether oxygens (including phenoxy) is 2. The summed E-state index contributed by atoms with van der Waals surface area (Å²) >= 11 is 0. The highest BCUT2D eigenvalue weighted by Gasteiger charge is 2.59. The molecule has 2 aromatic carbocycles. The van der Waals surface area contributed by atoms with Gasteiger partial charge in [0.15, 0.2) is 0 Å². The third kappa shape index (κ3) is 6.14. The van der Waals surface area contributed by atoms with Crippen LogP contribution in [-0.4, -0.2) is 41.1 Å². The van der Waals surface area contributed by atoms with E-state index in [4.69, 9.17) is 9.47 Å². The highest BCUT2D eigenvalue weighted by molar-refractivity contribution is 5.87. The zero-order chi connectivity index (χ0) is 29.2. The van der Waals surface area contributed by atoms with Gasteiger partial charge in [-0.1, -0.05) is 70.4 Å². The lowest BCUT2D eigenvalue weighted by Gasteiger charge is -2.35. The number of carbonyl (C=O) groups is 2. The lowest BCUT2D eigenvalue weighted by molar-refractivity contribution is -0.154. The van der Waals surface area contributed by atoms with Gasteiger partial charge in [0.05, 0.1) is 31.4 Å². The Balaban J connectivity index is 1.81. The normalized spacial score (nSPS) is 24.2. The number of hydrogen-bond acceptors (Lipinski definition) is 4. The van der Waals surface area contributed by atoms with E-state index in [0.29, 0.717) is 12.8 Å². The van der Waals surface area contributed by atoms with Gasteiger partial charge in [0, 0.05) is 17.4 Å². The Morgan fingerprint density at radius 1 is 1.00 bits per heavy atom. The number of benzene rings is 2. The third-order valence-electron chi connectivity index (χ3n) is 8.25. The Hall–Kier alpha value is -3.07. The van der Waals surface area contributed by atoms with Crippen LogP contribution in [0.25, 0.3) is 0 Å². The number of hydrogen-bond donors (Lipinski definition) is 1. The molecule has 1 amide bonds. The summed E-state index contributed by atoms with van der Waals surface area (Å²) in [5.74, 6) is -1.99. The summed E-state index contributed by atoms with van der Waals surface area (Å²) in [6.45, 7) is 5.48. The van der Waals surface area contributed by atoms with Crippen LogP contribution in [0.3, 0.4) is 0 Å². The molecule has 2 aromatic rings. The van der Waals surface area contributed by atoms with Crippen molar-refractivity contribution >= 4 is 11.9 Å². The van der Waals surface area contributed by atoms with Gasteiger partial charge in [-0.25, -0.2) is 4.79 Å². The van der Waals surface area contributed by atoms with Crippen LogP contribution in [0.1, 0.15) is 75.6 Å². The minimum absolute atomic E-state index is 0.195. The highest BCUT2D eigenvalue weighted by Crippen LogP contribution is 2.51. The van der Waals surface area contributed by atoms with Gasteiger partial charge in [0.1, 0.15) is 11.8 Å². The first kappa shape index (κ1) is 29.9. The van der Waals surface area contributed by atoms with Gasteiger partial charge in [-0.15, -0.1) is 0 Å². The van der Waals surface area contributed by atoms with Crippen LogP contribution in [0, 0.1) is 17.3 Å². The quantitative estimate of drug-likeness (QED) is 0.399. The minimum atomic E-state index is -4.55. The number of amides is 1. The smallest absolute Gasteiger partial charge is 0.416 e. The number of aliphatic carboxylic acids is 1. The summed E-state index contributed by atoms with van der Waals surface area (Å²) in [6, 6.07) is 10.5. The maximum atomic E-state index is 14.1. The summed E-state index contributed by atoms with van der Waals surface area (Å²) in [5.41, 5.74) is -0.519. The van der Waals surface area contributed by atoms with Gasteiger partial charge >= 0.3 is 12.1 Å². The van der Waals surface area contributed by atoms with Crippen LogP contribution in [0.2, 0.25) is 0 Å². The van der Waals surface area contributed by atoms with E-state index < -0.39 is 47.2 Å². The number of methoxy groups -OCH3 is 1. The zero-order valence-corrected chi connectivity index (χ0v) is 23.4. The average Bonchev–Trinajstić information content (AvgIpc) is 3.28. The molecule has 0 radical (unpaired) electrons. The highest BCUT2D eigenvalue weighted by atomic mass is 19.4. The molecule has 9 heteroatoms. The van der Waals surface area contributed by atoms with E-state index >= 15 is 0 Å². The Morgan fingerprint density at radius 2 is 1.65 bits per heavy atom. The molecule has 0 aromatic heterocycles. The Morgan fingerprint density at radius 3 is 2.20 bits per heavy atom. The van der Waals surface area contributed by atoms with Crippen molar-refractivity contribution in [1.29, 1.82) is 0 Å². The minimum Gasteiger partial charge on any atom is -0.496 e. The van der Waals surface area contributed by atoms with Crippen molar-refractivity contribution in [3.63, 3.8) is 0 Å².